The molecule has 2 rings (SSSR count). The van der Waals surface area contributed by atoms with Gasteiger partial charge in [0.15, 0.2) is 5.78 Å². The number of hydrogen-bond acceptors (Lipinski definition) is 3. The Morgan fingerprint density at radius 1 is 1.08 bits per heavy atom. The van der Waals surface area contributed by atoms with E-state index in [4.69, 9.17) is 23.2 Å². The van der Waals surface area contributed by atoms with E-state index in [9.17, 15) is 9.59 Å². The zero-order valence-corrected chi connectivity index (χ0v) is 15.0. The molecule has 0 atom stereocenters. The smallest absolute Gasteiger partial charge is 0.238 e. The molecule has 4 nitrogen and oxygen atoms in total. The number of rotatable bonds is 6. The first kappa shape index (κ1) is 18.5. The van der Waals surface area contributed by atoms with Crippen LogP contribution in [0.3, 0.4) is 0 Å². The summed E-state index contributed by atoms with van der Waals surface area (Å²) in [7, 11) is 1.83. The molecule has 0 saturated heterocycles. The SMILES string of the molecule is CC(=O)c1cccc(NC(=O)CN(C)Cc2cc(Cl)cc(Cl)c2)c1. The Bertz CT molecular complexity index is 742. The second kappa shape index (κ2) is 8.29. The minimum Gasteiger partial charge on any atom is -0.325 e. The minimum absolute atomic E-state index is 0.0407. The van der Waals surface area contributed by atoms with E-state index in [-0.39, 0.29) is 18.2 Å². The Morgan fingerprint density at radius 2 is 1.75 bits per heavy atom. The molecule has 0 radical (unpaired) electrons. The van der Waals surface area contributed by atoms with Crippen molar-refractivity contribution in [2.45, 2.75) is 13.5 Å². The van der Waals surface area contributed by atoms with Crippen LogP contribution in [-0.4, -0.2) is 30.2 Å². The number of carbonyl (C=O) groups excluding carboxylic acids is 2. The quantitative estimate of drug-likeness (QED) is 0.778. The van der Waals surface area contributed by atoms with Gasteiger partial charge in [0.1, 0.15) is 0 Å². The van der Waals surface area contributed by atoms with Gasteiger partial charge in [-0.1, -0.05) is 35.3 Å². The molecular formula is C18H18Cl2N2O2. The zero-order chi connectivity index (χ0) is 17.7. The molecule has 0 spiro atoms. The van der Waals surface area contributed by atoms with Crippen LogP contribution in [0.2, 0.25) is 10.0 Å². The number of halogens is 2. The molecule has 0 fully saturated rings. The number of carbonyl (C=O) groups is 2. The Labute approximate surface area is 151 Å². The van der Waals surface area contributed by atoms with E-state index in [1.807, 2.05) is 24.1 Å². The van der Waals surface area contributed by atoms with Gasteiger partial charge in [-0.05, 0) is 49.9 Å². The second-order valence-corrected chi connectivity index (χ2v) is 6.51. The summed E-state index contributed by atoms with van der Waals surface area (Å²) in [5.74, 6) is -0.202. The average molecular weight is 365 g/mol. The molecule has 0 heterocycles. The van der Waals surface area contributed by atoms with Crippen LogP contribution < -0.4 is 5.32 Å². The standard InChI is InChI=1S/C18H18Cl2N2O2/c1-12(23)14-4-3-5-17(8-14)21-18(24)11-22(2)10-13-6-15(19)9-16(20)7-13/h3-9H,10-11H2,1-2H3,(H,21,24). The third-order valence-electron chi connectivity index (χ3n) is 3.34. The van der Waals surface area contributed by atoms with Gasteiger partial charge in [0.2, 0.25) is 5.91 Å². The molecule has 0 saturated carbocycles. The molecule has 1 N–H and O–H groups in total. The number of amides is 1. The average Bonchev–Trinajstić information content (AvgIpc) is 2.45. The summed E-state index contributed by atoms with van der Waals surface area (Å²) in [5.41, 5.74) is 2.10. The highest BCUT2D eigenvalue weighted by molar-refractivity contribution is 6.34. The fourth-order valence-electron chi connectivity index (χ4n) is 2.33. The monoisotopic (exact) mass is 364 g/mol. The molecule has 0 aliphatic heterocycles. The second-order valence-electron chi connectivity index (χ2n) is 5.64. The first-order valence-electron chi connectivity index (χ1n) is 7.38. The minimum atomic E-state index is -0.161. The number of nitrogens with one attached hydrogen (secondary N) is 1. The van der Waals surface area contributed by atoms with Crippen molar-refractivity contribution in [3.8, 4) is 0 Å². The van der Waals surface area contributed by atoms with Crippen LogP contribution in [0, 0.1) is 0 Å². The van der Waals surface area contributed by atoms with E-state index in [1.54, 1.807) is 30.3 Å². The molecule has 0 unspecified atom stereocenters. The van der Waals surface area contributed by atoms with Crippen molar-refractivity contribution in [1.82, 2.24) is 4.90 Å². The Kier molecular flexibility index (Phi) is 6.37. The maximum absolute atomic E-state index is 12.1. The summed E-state index contributed by atoms with van der Waals surface area (Å²) in [6, 6.07) is 12.2. The molecule has 0 bridgehead atoms. The van der Waals surface area contributed by atoms with Gasteiger partial charge in [-0.25, -0.2) is 0 Å². The number of benzene rings is 2. The lowest BCUT2D eigenvalue weighted by Crippen LogP contribution is -2.29. The fraction of sp³-hybridized carbons (Fsp3) is 0.222. The van der Waals surface area contributed by atoms with Crippen LogP contribution >= 0.6 is 23.2 Å². The lowest BCUT2D eigenvalue weighted by atomic mass is 10.1. The Hall–Kier alpha value is -1.88. The van der Waals surface area contributed by atoms with E-state index in [1.165, 1.54) is 6.92 Å². The summed E-state index contributed by atoms with van der Waals surface area (Å²) in [5, 5.41) is 3.92. The number of Topliss-reactive ketones (excluding diaryl/α,β-unsaturated/α-hetero) is 1. The summed E-state index contributed by atoms with van der Waals surface area (Å²) < 4.78 is 0. The van der Waals surface area contributed by atoms with E-state index in [0.29, 0.717) is 27.8 Å². The number of anilines is 1. The first-order chi connectivity index (χ1) is 11.3. The van der Waals surface area contributed by atoms with Gasteiger partial charge in [-0.15, -0.1) is 0 Å². The number of ketones is 1. The Morgan fingerprint density at radius 3 is 2.38 bits per heavy atom. The highest BCUT2D eigenvalue weighted by Gasteiger charge is 2.09. The van der Waals surface area contributed by atoms with Gasteiger partial charge in [0, 0.05) is 27.8 Å². The predicted molar refractivity (Wildman–Crippen MR) is 97.9 cm³/mol. The molecule has 2 aromatic rings. The molecular weight excluding hydrogens is 347 g/mol. The van der Waals surface area contributed by atoms with E-state index in [2.05, 4.69) is 5.32 Å². The molecule has 0 aliphatic carbocycles. The predicted octanol–water partition coefficient (Wildman–Crippen LogP) is 4.27. The third kappa shape index (κ3) is 5.64. The van der Waals surface area contributed by atoms with E-state index < -0.39 is 0 Å². The Balaban J connectivity index is 1.94. The van der Waals surface area contributed by atoms with Gasteiger partial charge in [0.05, 0.1) is 6.54 Å². The normalized spacial score (nSPS) is 10.7. The molecule has 2 aromatic carbocycles. The van der Waals surface area contributed by atoms with Crippen molar-refractivity contribution in [1.29, 1.82) is 0 Å². The van der Waals surface area contributed by atoms with E-state index in [0.717, 1.165) is 5.56 Å². The highest BCUT2D eigenvalue weighted by Crippen LogP contribution is 2.20. The van der Waals surface area contributed by atoms with Gasteiger partial charge in [0.25, 0.3) is 0 Å². The fourth-order valence-corrected chi connectivity index (χ4v) is 2.90. The van der Waals surface area contributed by atoms with Gasteiger partial charge in [-0.2, -0.15) is 0 Å². The summed E-state index contributed by atoms with van der Waals surface area (Å²) in [6.07, 6.45) is 0. The molecule has 0 aromatic heterocycles. The lowest BCUT2D eigenvalue weighted by molar-refractivity contribution is -0.117. The van der Waals surface area contributed by atoms with Crippen LogP contribution in [0.4, 0.5) is 5.69 Å². The van der Waals surface area contributed by atoms with Gasteiger partial charge < -0.3 is 5.32 Å². The van der Waals surface area contributed by atoms with Crippen molar-refractivity contribution in [3.05, 3.63) is 63.6 Å². The number of likely N-dealkylation sites (N-methyl/N-ethyl adjacent to an activating group) is 1. The van der Waals surface area contributed by atoms with Crippen LogP contribution in [0.25, 0.3) is 0 Å². The van der Waals surface area contributed by atoms with Crippen LogP contribution in [0.15, 0.2) is 42.5 Å². The lowest BCUT2D eigenvalue weighted by Gasteiger charge is -2.17. The molecule has 126 valence electrons. The summed E-state index contributed by atoms with van der Waals surface area (Å²) in [6.45, 7) is 2.24. The number of hydrogen-bond donors (Lipinski definition) is 1. The number of nitrogens with zero attached hydrogens (tertiary/aromatic N) is 1. The van der Waals surface area contributed by atoms with Crippen molar-refractivity contribution in [3.63, 3.8) is 0 Å². The van der Waals surface area contributed by atoms with Gasteiger partial charge in [-0.3, -0.25) is 14.5 Å². The topological polar surface area (TPSA) is 49.4 Å². The third-order valence-corrected chi connectivity index (χ3v) is 3.78. The summed E-state index contributed by atoms with van der Waals surface area (Å²) in [4.78, 5) is 25.4. The van der Waals surface area contributed by atoms with Crippen LogP contribution in [0.1, 0.15) is 22.8 Å². The van der Waals surface area contributed by atoms with Gasteiger partial charge >= 0.3 is 0 Å². The van der Waals surface area contributed by atoms with E-state index >= 15 is 0 Å². The molecule has 0 aliphatic rings. The highest BCUT2D eigenvalue weighted by atomic mass is 35.5. The van der Waals surface area contributed by atoms with Crippen LogP contribution in [-0.2, 0) is 11.3 Å². The maximum atomic E-state index is 12.1. The summed E-state index contributed by atoms with van der Waals surface area (Å²) >= 11 is 12.0. The van der Waals surface area contributed by atoms with Crippen molar-refractivity contribution < 1.29 is 9.59 Å². The van der Waals surface area contributed by atoms with Crippen molar-refractivity contribution in [2.75, 3.05) is 18.9 Å². The largest absolute Gasteiger partial charge is 0.325 e. The zero-order valence-electron chi connectivity index (χ0n) is 13.5. The maximum Gasteiger partial charge on any atom is 0.238 e. The first-order valence-corrected chi connectivity index (χ1v) is 8.13. The van der Waals surface area contributed by atoms with Crippen molar-refractivity contribution >= 4 is 40.6 Å². The van der Waals surface area contributed by atoms with Crippen molar-refractivity contribution in [2.24, 2.45) is 0 Å². The molecule has 6 heteroatoms. The van der Waals surface area contributed by atoms with Crippen LogP contribution in [0.5, 0.6) is 0 Å². The molecule has 1 amide bonds. The molecule has 24 heavy (non-hydrogen) atoms.